The van der Waals surface area contributed by atoms with Crippen LogP contribution in [0.2, 0.25) is 10.0 Å². The second kappa shape index (κ2) is 7.85. The van der Waals surface area contributed by atoms with Crippen molar-refractivity contribution < 1.29 is 14.2 Å². The van der Waals surface area contributed by atoms with Gasteiger partial charge in [-0.2, -0.15) is 0 Å². The van der Waals surface area contributed by atoms with Crippen LogP contribution in [0.4, 0.5) is 0 Å². The zero-order valence-electron chi connectivity index (χ0n) is 14.9. The summed E-state index contributed by atoms with van der Waals surface area (Å²) in [7, 11) is 0. The normalized spacial score (nSPS) is 21.8. The van der Waals surface area contributed by atoms with Gasteiger partial charge in [0.25, 0.3) is 0 Å². The largest absolute Gasteiger partial charge is 0.457 e. The average molecular weight is 438 g/mol. The Morgan fingerprint density at radius 2 is 2.00 bits per heavy atom. The molecule has 2 atom stereocenters. The van der Waals surface area contributed by atoms with Crippen molar-refractivity contribution in [2.24, 2.45) is 0 Å². The van der Waals surface area contributed by atoms with Crippen molar-refractivity contribution in [3.8, 4) is 11.5 Å². The van der Waals surface area contributed by atoms with E-state index in [0.29, 0.717) is 45.0 Å². The molecule has 1 aromatic heterocycles. The third kappa shape index (κ3) is 3.94. The molecule has 4 rings (SSSR count). The van der Waals surface area contributed by atoms with Crippen molar-refractivity contribution in [3.05, 3.63) is 69.2 Å². The maximum Gasteiger partial charge on any atom is 0.217 e. The predicted molar refractivity (Wildman–Crippen MR) is 109 cm³/mol. The van der Waals surface area contributed by atoms with Gasteiger partial charge in [-0.05, 0) is 61.6 Å². The zero-order chi connectivity index (χ0) is 19.7. The molecule has 0 aliphatic carbocycles. The van der Waals surface area contributed by atoms with Gasteiger partial charge in [0.15, 0.2) is 0 Å². The molecule has 3 aromatic rings. The third-order valence-corrected chi connectivity index (χ3v) is 5.22. The molecule has 0 amide bonds. The molecule has 1 fully saturated rings. The van der Waals surface area contributed by atoms with E-state index in [1.165, 1.54) is 6.33 Å². The zero-order valence-corrected chi connectivity index (χ0v) is 17.2. The molecule has 0 spiro atoms. The van der Waals surface area contributed by atoms with E-state index in [2.05, 4.69) is 10.1 Å². The molecule has 6 nitrogen and oxygen atoms in total. The number of nitrogens with one attached hydrogen (secondary N) is 1. The predicted octanol–water partition coefficient (Wildman–Crippen LogP) is 5.33. The molecule has 2 heterocycles. The molecule has 0 radical (unpaired) electrons. The number of nitrogens with zero attached hydrogens (tertiary/aromatic N) is 2. The highest BCUT2D eigenvalue weighted by Crippen LogP contribution is 2.41. The van der Waals surface area contributed by atoms with Crippen LogP contribution in [-0.4, -0.2) is 27.5 Å². The molecular formula is C19H17Cl2N3O3S. The van der Waals surface area contributed by atoms with Gasteiger partial charge in [-0.3, -0.25) is 9.78 Å². The quantitative estimate of drug-likeness (QED) is 0.546. The molecule has 2 aromatic carbocycles. The average Bonchev–Trinajstić information content (AvgIpc) is 3.23. The Labute approximate surface area is 176 Å². The SMILES string of the molecule is CC1COC(Cn2[nH]cnc2=S)(c2ccc(Oc3ccc(Cl)cc3)cc2Cl)O1. The van der Waals surface area contributed by atoms with E-state index in [4.69, 9.17) is 49.6 Å². The van der Waals surface area contributed by atoms with E-state index in [0.717, 1.165) is 0 Å². The lowest BCUT2D eigenvalue weighted by molar-refractivity contribution is -0.187. The standard InChI is InChI=1S/C19H17Cl2N3O3S/c1-12-9-25-19(27-12,10-24-18(28)22-11-23-24)16-7-6-15(8-17(16)21)26-14-4-2-13(20)3-5-14/h2-8,11-12H,9-10H2,1H3,(H,22,23,28). The third-order valence-electron chi connectivity index (χ3n) is 4.33. The number of ether oxygens (including phenoxy) is 3. The molecule has 1 aliphatic rings. The van der Waals surface area contributed by atoms with E-state index < -0.39 is 5.79 Å². The maximum atomic E-state index is 6.60. The number of halogens is 2. The van der Waals surface area contributed by atoms with Gasteiger partial charge in [0.05, 0.1) is 17.7 Å². The number of rotatable bonds is 5. The summed E-state index contributed by atoms with van der Waals surface area (Å²) in [6.07, 6.45) is 1.44. The molecular weight excluding hydrogens is 421 g/mol. The van der Waals surface area contributed by atoms with Crippen LogP contribution in [0.3, 0.4) is 0 Å². The summed E-state index contributed by atoms with van der Waals surface area (Å²) < 4.78 is 20.1. The summed E-state index contributed by atoms with van der Waals surface area (Å²) in [4.78, 5) is 4.04. The van der Waals surface area contributed by atoms with Crippen LogP contribution >= 0.6 is 35.4 Å². The molecule has 9 heteroatoms. The first-order chi connectivity index (χ1) is 13.4. The monoisotopic (exact) mass is 437 g/mol. The summed E-state index contributed by atoms with van der Waals surface area (Å²) in [5.41, 5.74) is 0.693. The van der Waals surface area contributed by atoms with Crippen molar-refractivity contribution in [2.75, 3.05) is 6.61 Å². The molecule has 1 saturated heterocycles. The minimum absolute atomic E-state index is 0.0850. The highest BCUT2D eigenvalue weighted by molar-refractivity contribution is 7.71. The molecule has 1 aliphatic heterocycles. The van der Waals surface area contributed by atoms with Crippen LogP contribution in [0.25, 0.3) is 0 Å². The summed E-state index contributed by atoms with van der Waals surface area (Å²) in [5, 5.41) is 4.08. The summed E-state index contributed by atoms with van der Waals surface area (Å²) in [5.74, 6) is 0.184. The summed E-state index contributed by atoms with van der Waals surface area (Å²) >= 11 is 17.7. The first-order valence-electron chi connectivity index (χ1n) is 8.61. The Morgan fingerprint density at radius 3 is 2.61 bits per heavy atom. The van der Waals surface area contributed by atoms with Gasteiger partial charge in [0.2, 0.25) is 10.6 Å². The van der Waals surface area contributed by atoms with E-state index in [1.807, 2.05) is 19.1 Å². The summed E-state index contributed by atoms with van der Waals surface area (Å²) in [6, 6.07) is 12.5. The second-order valence-corrected chi connectivity index (χ2v) is 7.65. The van der Waals surface area contributed by atoms with E-state index in [9.17, 15) is 0 Å². The van der Waals surface area contributed by atoms with Crippen LogP contribution in [0.5, 0.6) is 11.5 Å². The first-order valence-corrected chi connectivity index (χ1v) is 9.77. The fourth-order valence-corrected chi connectivity index (χ4v) is 3.67. The number of aromatic nitrogens is 3. The molecule has 146 valence electrons. The highest BCUT2D eigenvalue weighted by atomic mass is 35.5. The Hall–Kier alpha value is -1.90. The molecule has 1 N–H and O–H groups in total. The topological polar surface area (TPSA) is 61.3 Å². The smallest absolute Gasteiger partial charge is 0.217 e. The lowest BCUT2D eigenvalue weighted by atomic mass is 10.1. The molecule has 0 bridgehead atoms. The van der Waals surface area contributed by atoms with Gasteiger partial charge in [0, 0.05) is 10.6 Å². The van der Waals surface area contributed by atoms with Crippen molar-refractivity contribution >= 4 is 35.4 Å². The fraction of sp³-hybridized carbons (Fsp3) is 0.263. The highest BCUT2D eigenvalue weighted by Gasteiger charge is 2.44. The van der Waals surface area contributed by atoms with Crippen molar-refractivity contribution in [1.29, 1.82) is 0 Å². The Morgan fingerprint density at radius 1 is 1.25 bits per heavy atom. The van der Waals surface area contributed by atoms with Crippen molar-refractivity contribution in [2.45, 2.75) is 25.4 Å². The van der Waals surface area contributed by atoms with Crippen molar-refractivity contribution in [3.63, 3.8) is 0 Å². The van der Waals surface area contributed by atoms with Crippen LogP contribution < -0.4 is 4.74 Å². The first kappa shape index (κ1) is 19.4. The van der Waals surface area contributed by atoms with E-state index >= 15 is 0 Å². The van der Waals surface area contributed by atoms with E-state index in [1.54, 1.807) is 35.0 Å². The number of benzene rings is 2. The Kier molecular flexibility index (Phi) is 5.44. The molecule has 2 unspecified atom stereocenters. The van der Waals surface area contributed by atoms with Crippen LogP contribution in [-0.2, 0) is 21.8 Å². The minimum Gasteiger partial charge on any atom is -0.457 e. The van der Waals surface area contributed by atoms with Crippen LogP contribution in [0.15, 0.2) is 48.8 Å². The second-order valence-electron chi connectivity index (χ2n) is 6.45. The molecule has 0 saturated carbocycles. The fourth-order valence-electron chi connectivity index (χ4n) is 3.06. The Bertz CT molecular complexity index is 1040. The van der Waals surface area contributed by atoms with Gasteiger partial charge >= 0.3 is 0 Å². The van der Waals surface area contributed by atoms with Gasteiger partial charge in [-0.15, -0.1) is 0 Å². The number of hydrogen-bond donors (Lipinski definition) is 1. The lowest BCUT2D eigenvalue weighted by Gasteiger charge is -2.29. The summed E-state index contributed by atoms with van der Waals surface area (Å²) in [6.45, 7) is 2.69. The van der Waals surface area contributed by atoms with Gasteiger partial charge in [-0.1, -0.05) is 23.2 Å². The van der Waals surface area contributed by atoms with Gasteiger partial charge in [0.1, 0.15) is 24.4 Å². The van der Waals surface area contributed by atoms with Gasteiger partial charge in [-0.25, -0.2) is 4.98 Å². The molecule has 28 heavy (non-hydrogen) atoms. The number of aromatic amines is 1. The van der Waals surface area contributed by atoms with Crippen LogP contribution in [0, 0.1) is 4.77 Å². The van der Waals surface area contributed by atoms with E-state index in [-0.39, 0.29) is 6.10 Å². The van der Waals surface area contributed by atoms with Crippen molar-refractivity contribution in [1.82, 2.24) is 14.8 Å². The van der Waals surface area contributed by atoms with Gasteiger partial charge < -0.3 is 14.2 Å². The number of hydrogen-bond acceptors (Lipinski definition) is 5. The van der Waals surface area contributed by atoms with Crippen LogP contribution in [0.1, 0.15) is 12.5 Å². The lowest BCUT2D eigenvalue weighted by Crippen LogP contribution is -2.34. The maximum absolute atomic E-state index is 6.60. The minimum atomic E-state index is -1.07. The Balaban J connectivity index is 1.64. The number of H-pyrrole nitrogens is 1.